The van der Waals surface area contributed by atoms with Gasteiger partial charge in [-0.15, -0.1) is 0 Å². The number of fused-ring (bicyclic) bond motifs is 1. The predicted molar refractivity (Wildman–Crippen MR) is 76.1 cm³/mol. The molecular formula is C14H19N5. The third kappa shape index (κ3) is 2.51. The van der Waals surface area contributed by atoms with Crippen LogP contribution in [0.1, 0.15) is 24.2 Å². The average Bonchev–Trinajstić information content (AvgIpc) is 2.90. The normalized spacial score (nSPS) is 16.1. The second-order valence-electron chi connectivity index (χ2n) is 5.06. The Morgan fingerprint density at radius 1 is 1.26 bits per heavy atom. The molecule has 19 heavy (non-hydrogen) atoms. The van der Waals surface area contributed by atoms with Crippen molar-refractivity contribution in [2.45, 2.75) is 26.3 Å². The van der Waals surface area contributed by atoms with Crippen LogP contribution in [-0.2, 0) is 6.54 Å². The van der Waals surface area contributed by atoms with Crippen LogP contribution in [0.25, 0.3) is 11.0 Å². The van der Waals surface area contributed by atoms with E-state index in [1.165, 1.54) is 31.5 Å². The summed E-state index contributed by atoms with van der Waals surface area (Å²) in [5.74, 6) is 1.58. The van der Waals surface area contributed by atoms with Crippen molar-refractivity contribution in [3.8, 4) is 0 Å². The molecule has 2 aromatic rings. The minimum Gasteiger partial charge on any atom is -0.371 e. The lowest BCUT2D eigenvalue weighted by Gasteiger charge is -2.14. The molecular weight excluding hydrogens is 238 g/mol. The van der Waals surface area contributed by atoms with Gasteiger partial charge in [-0.3, -0.25) is 9.88 Å². The van der Waals surface area contributed by atoms with Gasteiger partial charge in [0.15, 0.2) is 5.82 Å². The van der Waals surface area contributed by atoms with Gasteiger partial charge in [0.2, 0.25) is 0 Å². The highest BCUT2D eigenvalue weighted by Gasteiger charge is 2.13. The maximum absolute atomic E-state index is 4.52. The Morgan fingerprint density at radius 3 is 2.79 bits per heavy atom. The van der Waals surface area contributed by atoms with Gasteiger partial charge in [-0.2, -0.15) is 0 Å². The number of likely N-dealkylation sites (tertiary alicyclic amines) is 1. The minimum atomic E-state index is 0.775. The summed E-state index contributed by atoms with van der Waals surface area (Å²) in [5, 5.41) is 3.08. The Kier molecular flexibility index (Phi) is 3.29. The summed E-state index contributed by atoms with van der Waals surface area (Å²) in [5.41, 5.74) is 3.00. The number of anilines is 1. The van der Waals surface area contributed by atoms with Crippen LogP contribution in [-0.4, -0.2) is 40.0 Å². The zero-order valence-electron chi connectivity index (χ0n) is 11.5. The quantitative estimate of drug-likeness (QED) is 0.911. The number of hydrogen-bond donors (Lipinski definition) is 1. The first kappa shape index (κ1) is 12.3. The smallest absolute Gasteiger partial charge is 0.156 e. The Hall–Kier alpha value is -1.75. The molecule has 1 N–H and O–H groups in total. The first-order valence-electron chi connectivity index (χ1n) is 6.79. The molecule has 2 aromatic heterocycles. The molecule has 5 nitrogen and oxygen atoms in total. The Morgan fingerprint density at radius 2 is 2.05 bits per heavy atom. The van der Waals surface area contributed by atoms with Crippen molar-refractivity contribution < 1.29 is 0 Å². The Labute approximate surface area is 113 Å². The van der Waals surface area contributed by atoms with Crippen LogP contribution in [0.4, 0.5) is 5.82 Å². The second-order valence-corrected chi connectivity index (χ2v) is 5.06. The highest BCUT2D eigenvalue weighted by Crippen LogP contribution is 2.20. The SMILES string of the molecule is CNc1nc(C)nc2cc(CN3CCCC3)cnc12. The number of nitrogens with zero attached hydrogens (tertiary/aromatic N) is 4. The molecule has 0 aliphatic carbocycles. The second kappa shape index (κ2) is 5.09. The maximum atomic E-state index is 4.52. The van der Waals surface area contributed by atoms with Gasteiger partial charge < -0.3 is 5.32 Å². The van der Waals surface area contributed by atoms with E-state index in [2.05, 4.69) is 31.2 Å². The van der Waals surface area contributed by atoms with Gasteiger partial charge in [-0.25, -0.2) is 9.97 Å². The lowest BCUT2D eigenvalue weighted by atomic mass is 10.2. The standard InChI is InChI=1S/C14H19N5/c1-10-17-12-7-11(9-19-5-3-4-6-19)8-16-13(12)14(15-2)18-10/h7-8H,3-6,9H2,1-2H3,(H,15,17,18). The number of nitrogens with one attached hydrogen (secondary N) is 1. The molecule has 0 radical (unpaired) electrons. The van der Waals surface area contributed by atoms with Gasteiger partial charge in [0.05, 0.1) is 5.52 Å². The van der Waals surface area contributed by atoms with E-state index in [1.54, 1.807) is 0 Å². The zero-order valence-corrected chi connectivity index (χ0v) is 11.5. The van der Waals surface area contributed by atoms with Crippen molar-refractivity contribution in [2.75, 3.05) is 25.5 Å². The van der Waals surface area contributed by atoms with Crippen molar-refractivity contribution in [3.63, 3.8) is 0 Å². The van der Waals surface area contributed by atoms with E-state index in [1.807, 2.05) is 20.2 Å². The molecule has 1 aliphatic rings. The lowest BCUT2D eigenvalue weighted by molar-refractivity contribution is 0.331. The summed E-state index contributed by atoms with van der Waals surface area (Å²) in [7, 11) is 1.86. The van der Waals surface area contributed by atoms with E-state index in [4.69, 9.17) is 0 Å². The fourth-order valence-corrected chi connectivity index (χ4v) is 2.64. The average molecular weight is 257 g/mol. The lowest BCUT2D eigenvalue weighted by Crippen LogP contribution is -2.18. The number of pyridine rings is 1. The van der Waals surface area contributed by atoms with E-state index in [9.17, 15) is 0 Å². The largest absolute Gasteiger partial charge is 0.371 e. The third-order valence-corrected chi connectivity index (χ3v) is 3.55. The Bertz CT molecular complexity index is 590. The van der Waals surface area contributed by atoms with Crippen molar-refractivity contribution >= 4 is 16.9 Å². The summed E-state index contributed by atoms with van der Waals surface area (Å²) in [6.07, 6.45) is 4.57. The molecule has 100 valence electrons. The fourth-order valence-electron chi connectivity index (χ4n) is 2.64. The molecule has 0 spiro atoms. The molecule has 0 saturated carbocycles. The Balaban J connectivity index is 1.95. The maximum Gasteiger partial charge on any atom is 0.156 e. The molecule has 0 bridgehead atoms. The van der Waals surface area contributed by atoms with Crippen molar-refractivity contribution in [3.05, 3.63) is 23.7 Å². The molecule has 0 amide bonds. The van der Waals surface area contributed by atoms with Gasteiger partial charge in [-0.05, 0) is 44.5 Å². The molecule has 5 heteroatoms. The van der Waals surface area contributed by atoms with Gasteiger partial charge >= 0.3 is 0 Å². The van der Waals surface area contributed by atoms with Crippen LogP contribution < -0.4 is 5.32 Å². The summed E-state index contributed by atoms with van der Waals surface area (Å²) in [6.45, 7) is 5.28. The van der Waals surface area contributed by atoms with E-state index >= 15 is 0 Å². The van der Waals surface area contributed by atoms with E-state index in [0.717, 1.165) is 29.2 Å². The van der Waals surface area contributed by atoms with Crippen LogP contribution in [0.3, 0.4) is 0 Å². The third-order valence-electron chi connectivity index (χ3n) is 3.55. The number of aromatic nitrogens is 3. The van der Waals surface area contributed by atoms with Gasteiger partial charge in [0.25, 0.3) is 0 Å². The van der Waals surface area contributed by atoms with E-state index < -0.39 is 0 Å². The first-order valence-corrected chi connectivity index (χ1v) is 6.79. The van der Waals surface area contributed by atoms with Crippen molar-refractivity contribution in [2.24, 2.45) is 0 Å². The fraction of sp³-hybridized carbons (Fsp3) is 0.500. The highest BCUT2D eigenvalue weighted by atomic mass is 15.1. The van der Waals surface area contributed by atoms with Crippen LogP contribution >= 0.6 is 0 Å². The van der Waals surface area contributed by atoms with Crippen LogP contribution in [0.5, 0.6) is 0 Å². The van der Waals surface area contributed by atoms with E-state index in [-0.39, 0.29) is 0 Å². The highest BCUT2D eigenvalue weighted by molar-refractivity contribution is 5.85. The molecule has 1 saturated heterocycles. The summed E-state index contributed by atoms with van der Waals surface area (Å²) < 4.78 is 0. The molecule has 3 heterocycles. The zero-order chi connectivity index (χ0) is 13.2. The molecule has 1 aliphatic heterocycles. The van der Waals surface area contributed by atoms with Crippen molar-refractivity contribution in [1.82, 2.24) is 19.9 Å². The van der Waals surface area contributed by atoms with Gasteiger partial charge in [0.1, 0.15) is 11.3 Å². The molecule has 0 aromatic carbocycles. The first-order chi connectivity index (χ1) is 9.26. The molecule has 3 rings (SSSR count). The number of hydrogen-bond acceptors (Lipinski definition) is 5. The van der Waals surface area contributed by atoms with Crippen LogP contribution in [0.2, 0.25) is 0 Å². The van der Waals surface area contributed by atoms with Gasteiger partial charge in [-0.1, -0.05) is 0 Å². The van der Waals surface area contributed by atoms with E-state index in [0.29, 0.717) is 0 Å². The summed E-state index contributed by atoms with van der Waals surface area (Å²) in [6, 6.07) is 2.14. The predicted octanol–water partition coefficient (Wildman–Crippen LogP) is 1.97. The number of rotatable bonds is 3. The molecule has 0 atom stereocenters. The molecule has 1 fully saturated rings. The number of aryl methyl sites for hydroxylation is 1. The molecule has 0 unspecified atom stereocenters. The monoisotopic (exact) mass is 257 g/mol. The summed E-state index contributed by atoms with van der Waals surface area (Å²) in [4.78, 5) is 15.8. The van der Waals surface area contributed by atoms with Gasteiger partial charge in [0, 0.05) is 19.8 Å². The topological polar surface area (TPSA) is 53.9 Å². The van der Waals surface area contributed by atoms with Crippen LogP contribution in [0, 0.1) is 6.92 Å². The minimum absolute atomic E-state index is 0.775. The summed E-state index contributed by atoms with van der Waals surface area (Å²) >= 11 is 0. The van der Waals surface area contributed by atoms with Crippen LogP contribution in [0.15, 0.2) is 12.3 Å². The van der Waals surface area contributed by atoms with Crippen molar-refractivity contribution in [1.29, 1.82) is 0 Å².